The highest BCUT2D eigenvalue weighted by molar-refractivity contribution is 5.66. The number of ether oxygens (including phenoxy) is 1. The van der Waals surface area contributed by atoms with Gasteiger partial charge in [0.2, 0.25) is 0 Å². The zero-order chi connectivity index (χ0) is 14.5. The van der Waals surface area contributed by atoms with E-state index in [9.17, 15) is 0 Å². The molecule has 0 fully saturated rings. The number of nitrogens with two attached hydrogens (primary N) is 1. The molecule has 0 saturated carbocycles. The molecule has 4 nitrogen and oxygen atoms in total. The van der Waals surface area contributed by atoms with Crippen molar-refractivity contribution in [2.75, 3.05) is 19.1 Å². The van der Waals surface area contributed by atoms with Gasteiger partial charge in [0, 0.05) is 19.3 Å². The van der Waals surface area contributed by atoms with E-state index in [2.05, 4.69) is 18.0 Å². The van der Waals surface area contributed by atoms with Gasteiger partial charge in [0.15, 0.2) is 0 Å². The summed E-state index contributed by atoms with van der Waals surface area (Å²) in [5.74, 6) is 1.71. The molecule has 0 bridgehead atoms. The SMILES string of the molecule is CCc1cc(CN)cc(N(C)c2ccccc2OC)n1. The van der Waals surface area contributed by atoms with Crippen molar-refractivity contribution < 1.29 is 4.74 Å². The molecule has 0 aliphatic heterocycles. The van der Waals surface area contributed by atoms with Crippen molar-refractivity contribution in [3.8, 4) is 5.75 Å². The minimum Gasteiger partial charge on any atom is -0.495 e. The van der Waals surface area contributed by atoms with Crippen LogP contribution in [0.4, 0.5) is 11.5 Å². The van der Waals surface area contributed by atoms with Gasteiger partial charge in [-0.1, -0.05) is 19.1 Å². The molecule has 2 N–H and O–H groups in total. The van der Waals surface area contributed by atoms with Gasteiger partial charge in [-0.2, -0.15) is 0 Å². The molecule has 0 spiro atoms. The van der Waals surface area contributed by atoms with E-state index < -0.39 is 0 Å². The van der Waals surface area contributed by atoms with Crippen molar-refractivity contribution in [1.82, 2.24) is 4.98 Å². The van der Waals surface area contributed by atoms with Crippen LogP contribution < -0.4 is 15.4 Å². The van der Waals surface area contributed by atoms with E-state index in [1.54, 1.807) is 7.11 Å². The van der Waals surface area contributed by atoms with Gasteiger partial charge in [0.25, 0.3) is 0 Å². The standard InChI is InChI=1S/C16H21N3O/c1-4-13-9-12(11-17)10-16(18-13)19(2)14-7-5-6-8-15(14)20-3/h5-10H,4,11,17H2,1-3H3. The van der Waals surface area contributed by atoms with Gasteiger partial charge in [0.05, 0.1) is 12.8 Å². The molecule has 1 aromatic heterocycles. The lowest BCUT2D eigenvalue weighted by Crippen LogP contribution is -2.14. The topological polar surface area (TPSA) is 51.4 Å². The maximum Gasteiger partial charge on any atom is 0.142 e. The largest absolute Gasteiger partial charge is 0.495 e. The summed E-state index contributed by atoms with van der Waals surface area (Å²) in [5.41, 5.74) is 8.89. The first-order chi connectivity index (χ1) is 9.69. The number of hydrogen-bond donors (Lipinski definition) is 1. The lowest BCUT2D eigenvalue weighted by atomic mass is 10.2. The zero-order valence-corrected chi connectivity index (χ0v) is 12.3. The molecule has 1 aromatic carbocycles. The Morgan fingerprint density at radius 2 is 2.00 bits per heavy atom. The zero-order valence-electron chi connectivity index (χ0n) is 12.3. The first-order valence-corrected chi connectivity index (χ1v) is 6.76. The Morgan fingerprint density at radius 1 is 1.25 bits per heavy atom. The number of benzene rings is 1. The van der Waals surface area contributed by atoms with Crippen LogP contribution in [0.5, 0.6) is 5.75 Å². The number of anilines is 2. The first kappa shape index (κ1) is 14.3. The maximum absolute atomic E-state index is 5.77. The maximum atomic E-state index is 5.77. The van der Waals surface area contributed by atoms with E-state index in [0.29, 0.717) is 6.54 Å². The lowest BCUT2D eigenvalue weighted by molar-refractivity contribution is 0.415. The summed E-state index contributed by atoms with van der Waals surface area (Å²) in [7, 11) is 3.66. The van der Waals surface area contributed by atoms with Crippen LogP contribution in [0, 0.1) is 0 Å². The molecule has 0 atom stereocenters. The van der Waals surface area contributed by atoms with Crippen molar-refractivity contribution in [3.05, 3.63) is 47.7 Å². The van der Waals surface area contributed by atoms with Gasteiger partial charge in [-0.05, 0) is 36.2 Å². The van der Waals surface area contributed by atoms with E-state index in [1.807, 2.05) is 42.3 Å². The van der Waals surface area contributed by atoms with Crippen LogP contribution in [-0.2, 0) is 13.0 Å². The third-order valence-corrected chi connectivity index (χ3v) is 3.31. The van der Waals surface area contributed by atoms with Crippen molar-refractivity contribution in [1.29, 1.82) is 0 Å². The van der Waals surface area contributed by atoms with Crippen LogP contribution >= 0.6 is 0 Å². The monoisotopic (exact) mass is 271 g/mol. The number of hydrogen-bond acceptors (Lipinski definition) is 4. The number of aromatic nitrogens is 1. The molecular weight excluding hydrogens is 250 g/mol. The van der Waals surface area contributed by atoms with Crippen molar-refractivity contribution in [2.24, 2.45) is 5.73 Å². The van der Waals surface area contributed by atoms with Crippen LogP contribution in [0.15, 0.2) is 36.4 Å². The van der Waals surface area contributed by atoms with Crippen LogP contribution in [0.25, 0.3) is 0 Å². The molecule has 0 aliphatic carbocycles. The lowest BCUT2D eigenvalue weighted by Gasteiger charge is -2.22. The van der Waals surface area contributed by atoms with Gasteiger partial charge in [-0.3, -0.25) is 0 Å². The van der Waals surface area contributed by atoms with Gasteiger partial charge in [-0.25, -0.2) is 4.98 Å². The van der Waals surface area contributed by atoms with E-state index in [1.165, 1.54) is 0 Å². The van der Waals surface area contributed by atoms with E-state index in [-0.39, 0.29) is 0 Å². The Bertz CT molecular complexity index is 561. The molecular formula is C16H21N3O. The minimum absolute atomic E-state index is 0.516. The summed E-state index contributed by atoms with van der Waals surface area (Å²) < 4.78 is 5.41. The fourth-order valence-electron chi connectivity index (χ4n) is 2.13. The average Bonchev–Trinajstić information content (AvgIpc) is 2.53. The summed E-state index contributed by atoms with van der Waals surface area (Å²) in [6.07, 6.45) is 0.889. The van der Waals surface area contributed by atoms with Gasteiger partial charge in [0.1, 0.15) is 11.6 Å². The number of aryl methyl sites for hydroxylation is 1. The molecule has 0 unspecified atom stereocenters. The predicted octanol–water partition coefficient (Wildman–Crippen LogP) is 2.88. The molecule has 0 aliphatic rings. The highest BCUT2D eigenvalue weighted by Crippen LogP contribution is 2.31. The Kier molecular flexibility index (Phi) is 4.58. The van der Waals surface area contributed by atoms with Crippen LogP contribution in [0.1, 0.15) is 18.2 Å². The highest BCUT2D eigenvalue weighted by Gasteiger charge is 2.12. The molecule has 1 heterocycles. The number of rotatable bonds is 5. The summed E-state index contributed by atoms with van der Waals surface area (Å²) in [5, 5.41) is 0. The fraction of sp³-hybridized carbons (Fsp3) is 0.312. The molecule has 2 rings (SSSR count). The third kappa shape index (κ3) is 2.91. The van der Waals surface area contributed by atoms with Crippen LogP contribution in [0.2, 0.25) is 0 Å². The van der Waals surface area contributed by atoms with E-state index in [4.69, 9.17) is 10.5 Å². The molecule has 0 radical (unpaired) electrons. The Labute approximate surface area is 120 Å². The second-order valence-corrected chi connectivity index (χ2v) is 4.61. The van der Waals surface area contributed by atoms with Gasteiger partial charge in [-0.15, -0.1) is 0 Å². The second-order valence-electron chi connectivity index (χ2n) is 4.61. The third-order valence-electron chi connectivity index (χ3n) is 3.31. The normalized spacial score (nSPS) is 10.4. The number of pyridine rings is 1. The molecule has 20 heavy (non-hydrogen) atoms. The van der Waals surface area contributed by atoms with Gasteiger partial charge >= 0.3 is 0 Å². The number of methoxy groups -OCH3 is 1. The summed E-state index contributed by atoms with van der Waals surface area (Å²) in [6, 6.07) is 12.0. The van der Waals surface area contributed by atoms with Crippen molar-refractivity contribution in [2.45, 2.75) is 19.9 Å². The van der Waals surface area contributed by atoms with E-state index >= 15 is 0 Å². The van der Waals surface area contributed by atoms with Gasteiger partial charge < -0.3 is 15.4 Å². The Morgan fingerprint density at radius 3 is 2.65 bits per heavy atom. The second kappa shape index (κ2) is 6.39. The highest BCUT2D eigenvalue weighted by atomic mass is 16.5. The minimum atomic E-state index is 0.516. The summed E-state index contributed by atoms with van der Waals surface area (Å²) >= 11 is 0. The van der Waals surface area contributed by atoms with E-state index in [0.717, 1.165) is 34.9 Å². The molecule has 0 saturated heterocycles. The van der Waals surface area contributed by atoms with Crippen molar-refractivity contribution >= 4 is 11.5 Å². The molecule has 106 valence electrons. The van der Waals surface area contributed by atoms with Crippen LogP contribution in [0.3, 0.4) is 0 Å². The number of para-hydroxylation sites is 2. The number of nitrogens with zero attached hydrogens (tertiary/aromatic N) is 2. The van der Waals surface area contributed by atoms with Crippen LogP contribution in [-0.4, -0.2) is 19.1 Å². The smallest absolute Gasteiger partial charge is 0.142 e. The molecule has 0 amide bonds. The Hall–Kier alpha value is -2.07. The predicted molar refractivity (Wildman–Crippen MR) is 82.6 cm³/mol. The summed E-state index contributed by atoms with van der Waals surface area (Å²) in [4.78, 5) is 6.69. The fourth-order valence-corrected chi connectivity index (χ4v) is 2.13. The van der Waals surface area contributed by atoms with Crippen molar-refractivity contribution in [3.63, 3.8) is 0 Å². The average molecular weight is 271 g/mol. The molecule has 4 heteroatoms. The Balaban J connectivity index is 2.44. The molecule has 2 aromatic rings. The quantitative estimate of drug-likeness (QED) is 0.908. The summed E-state index contributed by atoms with van der Waals surface area (Å²) in [6.45, 7) is 2.61. The first-order valence-electron chi connectivity index (χ1n) is 6.76.